The van der Waals surface area contributed by atoms with Gasteiger partial charge in [0.2, 0.25) is 0 Å². The van der Waals surface area contributed by atoms with Gasteiger partial charge in [-0.3, -0.25) is 0 Å². The van der Waals surface area contributed by atoms with Crippen LogP contribution in [0.5, 0.6) is 0 Å². The van der Waals surface area contributed by atoms with E-state index < -0.39 is 44.7 Å². The van der Waals surface area contributed by atoms with Gasteiger partial charge in [0.1, 0.15) is 4.08 Å². The summed E-state index contributed by atoms with van der Waals surface area (Å²) in [5, 5.41) is 1.56. The molecule has 0 bridgehead atoms. The lowest BCUT2D eigenvalue weighted by molar-refractivity contribution is -0.441. The Hall–Kier alpha value is -0.810. The van der Waals surface area contributed by atoms with E-state index in [9.17, 15) is 57.1 Å². The Bertz CT molecular complexity index is 1110. The quantitative estimate of drug-likeness (QED) is 0.322. The zero-order valence-electron chi connectivity index (χ0n) is 15.7. The highest BCUT2D eigenvalue weighted by Crippen LogP contribution is 2.69. The lowest BCUT2D eigenvalue weighted by atomic mass is 9.93. The van der Waals surface area contributed by atoms with Crippen molar-refractivity contribution < 1.29 is 57.1 Å². The van der Waals surface area contributed by atoms with Crippen molar-refractivity contribution in [2.75, 3.05) is 11.5 Å². The van der Waals surface area contributed by atoms with Crippen LogP contribution in [0.4, 0.5) is 57.1 Å². The Morgan fingerprint density at radius 1 is 0.647 bits per heavy atom. The summed E-state index contributed by atoms with van der Waals surface area (Å²) in [4.78, 5) is -1.53. The van der Waals surface area contributed by atoms with Gasteiger partial charge in [-0.05, 0) is 17.5 Å². The van der Waals surface area contributed by atoms with Gasteiger partial charge in [-0.15, -0.1) is 46.2 Å². The second kappa shape index (κ2) is 7.37. The van der Waals surface area contributed by atoms with Crippen LogP contribution in [0.1, 0.15) is 16.0 Å². The van der Waals surface area contributed by atoms with Crippen LogP contribution < -0.4 is 0 Å². The highest BCUT2D eigenvalue weighted by atomic mass is 32.2. The average Bonchev–Trinajstić information content (AvgIpc) is 3.45. The molecule has 1 aliphatic heterocycles. The maximum atomic E-state index is 14.7. The largest absolute Gasteiger partial charge is 0.460 e. The molecule has 0 nitrogen and oxygen atoms in total. The van der Waals surface area contributed by atoms with Gasteiger partial charge in [0.25, 0.3) is 0 Å². The monoisotopic (exact) mass is 586 g/mol. The smallest absolute Gasteiger partial charge is 0.193 e. The molecule has 1 spiro atoms. The predicted molar refractivity (Wildman–Crippen MR) is 103 cm³/mol. The van der Waals surface area contributed by atoms with Gasteiger partial charge >= 0.3 is 35.8 Å². The molecule has 0 atom stereocenters. The van der Waals surface area contributed by atoms with Gasteiger partial charge in [-0.25, -0.2) is 0 Å². The van der Waals surface area contributed by atoms with Crippen molar-refractivity contribution in [2.45, 2.75) is 39.9 Å². The molecular formula is C17H7F13S4. The summed E-state index contributed by atoms with van der Waals surface area (Å²) in [6.07, 6.45) is -7.42. The molecule has 2 aliphatic rings. The fourth-order valence-corrected chi connectivity index (χ4v) is 9.47. The van der Waals surface area contributed by atoms with E-state index in [-0.39, 0.29) is 21.8 Å². The van der Waals surface area contributed by atoms with E-state index in [0.717, 1.165) is 11.3 Å². The standard InChI is InChI=1S/C17H7F13S4/c18-12(19,13(20,21)14(22,23)15(24,25)16(26,27)17(28,29)30)8-5-7-10(34-8)9-6(1-2-31-9)11(7)32-3-4-33-11/h1-2,5H,3-4H2. The number of thiophene rings is 2. The van der Waals surface area contributed by atoms with Crippen molar-refractivity contribution in [2.24, 2.45) is 0 Å². The van der Waals surface area contributed by atoms with E-state index in [1.165, 1.54) is 23.5 Å². The highest BCUT2D eigenvalue weighted by Gasteiger charge is 2.91. The lowest BCUT2D eigenvalue weighted by Crippen LogP contribution is -2.69. The third-order valence-corrected chi connectivity index (χ3v) is 11.0. The zero-order valence-corrected chi connectivity index (χ0v) is 19.0. The number of rotatable bonds is 5. The summed E-state index contributed by atoms with van der Waals surface area (Å²) in [6, 6.07) is 2.06. The number of thioether (sulfide) groups is 2. The highest BCUT2D eigenvalue weighted by molar-refractivity contribution is 8.21. The third-order valence-electron chi connectivity index (χ3n) is 5.25. The fraction of sp³-hybridized carbons (Fsp3) is 0.529. The van der Waals surface area contributed by atoms with Crippen LogP contribution in [0.2, 0.25) is 0 Å². The van der Waals surface area contributed by atoms with Crippen LogP contribution >= 0.6 is 46.2 Å². The van der Waals surface area contributed by atoms with Crippen molar-refractivity contribution >= 4 is 46.2 Å². The molecule has 4 rings (SSSR count). The SMILES string of the molecule is FC(F)(F)C(F)(F)C(F)(F)C(F)(F)C(F)(F)C(F)(F)c1cc2c(s1)-c1sccc1C21SCCS1. The Morgan fingerprint density at radius 3 is 1.71 bits per heavy atom. The molecule has 17 heteroatoms. The van der Waals surface area contributed by atoms with Gasteiger partial charge in [-0.2, -0.15) is 57.1 Å². The summed E-state index contributed by atoms with van der Waals surface area (Å²) >= 11 is 3.37. The number of alkyl halides is 13. The maximum absolute atomic E-state index is 14.7. The van der Waals surface area contributed by atoms with E-state index in [4.69, 9.17) is 0 Å². The van der Waals surface area contributed by atoms with Crippen LogP contribution in [-0.4, -0.2) is 41.4 Å². The summed E-state index contributed by atoms with van der Waals surface area (Å²) in [5.74, 6) is -35.9. The van der Waals surface area contributed by atoms with Crippen molar-refractivity contribution in [1.82, 2.24) is 0 Å². The summed E-state index contributed by atoms with van der Waals surface area (Å²) in [6.45, 7) is 0. The molecule has 1 saturated heterocycles. The molecule has 190 valence electrons. The van der Waals surface area contributed by atoms with E-state index in [1.807, 2.05) is 0 Å². The first-order valence-corrected chi connectivity index (χ1v) is 12.4. The molecule has 0 amide bonds. The minimum Gasteiger partial charge on any atom is -0.193 e. The Balaban J connectivity index is 1.81. The van der Waals surface area contributed by atoms with Gasteiger partial charge in [0, 0.05) is 22.6 Å². The molecule has 2 aromatic heterocycles. The molecule has 0 radical (unpaired) electrons. The van der Waals surface area contributed by atoms with E-state index in [0.29, 0.717) is 28.0 Å². The lowest BCUT2D eigenvalue weighted by Gasteiger charge is -2.39. The van der Waals surface area contributed by atoms with Crippen molar-refractivity contribution in [1.29, 1.82) is 0 Å². The predicted octanol–water partition coefficient (Wildman–Crippen LogP) is 8.67. The van der Waals surface area contributed by atoms with Crippen LogP contribution in [0.15, 0.2) is 17.5 Å². The van der Waals surface area contributed by atoms with E-state index >= 15 is 0 Å². The van der Waals surface area contributed by atoms with Crippen LogP contribution in [0.25, 0.3) is 9.75 Å². The number of hydrogen-bond donors (Lipinski definition) is 0. The molecule has 34 heavy (non-hydrogen) atoms. The number of fused-ring (bicyclic) bond motifs is 5. The molecule has 3 heterocycles. The first kappa shape index (κ1) is 26.3. The van der Waals surface area contributed by atoms with Crippen LogP contribution in [-0.2, 0) is 10.0 Å². The zero-order chi connectivity index (χ0) is 25.8. The minimum absolute atomic E-state index is 0.0203. The van der Waals surface area contributed by atoms with Gasteiger partial charge in [0.05, 0.1) is 14.6 Å². The molecule has 0 aromatic carbocycles. The minimum atomic E-state index is -7.90. The Kier molecular flexibility index (Phi) is 5.69. The molecule has 1 fully saturated rings. The summed E-state index contributed by atoms with van der Waals surface area (Å²) < 4.78 is 175. The molecule has 0 unspecified atom stereocenters. The third kappa shape index (κ3) is 3.01. The van der Waals surface area contributed by atoms with Gasteiger partial charge in [0.15, 0.2) is 0 Å². The summed E-state index contributed by atoms with van der Waals surface area (Å²) in [7, 11) is 0. The fourth-order valence-electron chi connectivity index (χ4n) is 3.50. The van der Waals surface area contributed by atoms with Crippen molar-refractivity contribution in [3.63, 3.8) is 0 Å². The molecular weight excluding hydrogens is 579 g/mol. The molecule has 0 saturated carbocycles. The molecule has 2 aromatic rings. The van der Waals surface area contributed by atoms with E-state index in [2.05, 4.69) is 0 Å². The van der Waals surface area contributed by atoms with E-state index in [1.54, 1.807) is 11.4 Å². The summed E-state index contributed by atoms with van der Waals surface area (Å²) in [5.41, 5.74) is 0.669. The maximum Gasteiger partial charge on any atom is 0.460 e. The normalized spacial score (nSPS) is 19.1. The van der Waals surface area contributed by atoms with Crippen LogP contribution in [0, 0.1) is 0 Å². The average molecular weight is 586 g/mol. The van der Waals surface area contributed by atoms with Crippen LogP contribution in [0.3, 0.4) is 0 Å². The first-order valence-electron chi connectivity index (χ1n) is 8.74. The molecule has 1 aliphatic carbocycles. The second-order valence-corrected chi connectivity index (χ2v) is 12.0. The first-order chi connectivity index (χ1) is 15.3. The second-order valence-electron chi connectivity index (χ2n) is 7.20. The van der Waals surface area contributed by atoms with Gasteiger partial charge < -0.3 is 0 Å². The number of halogens is 13. The Morgan fingerprint density at radius 2 is 1.18 bits per heavy atom. The number of hydrogen-bond acceptors (Lipinski definition) is 4. The topological polar surface area (TPSA) is 0 Å². The molecule has 0 N–H and O–H groups in total. The van der Waals surface area contributed by atoms with Crippen molar-refractivity contribution in [3.8, 4) is 9.75 Å². The van der Waals surface area contributed by atoms with Gasteiger partial charge in [-0.1, -0.05) is 0 Å². The Labute approximate surface area is 197 Å². The van der Waals surface area contributed by atoms with Crippen molar-refractivity contribution in [3.05, 3.63) is 33.5 Å².